The Morgan fingerprint density at radius 1 is 1.22 bits per heavy atom. The highest BCUT2D eigenvalue weighted by Gasteiger charge is 2.05. The number of benzene rings is 1. The van der Waals surface area contributed by atoms with Gasteiger partial charge in [0.05, 0.1) is 23.9 Å². The van der Waals surface area contributed by atoms with Crippen LogP contribution in [0.3, 0.4) is 0 Å². The predicted octanol–water partition coefficient (Wildman–Crippen LogP) is 1.88. The lowest BCUT2D eigenvalue weighted by molar-refractivity contribution is 0.0950. The zero-order valence-corrected chi connectivity index (χ0v) is 9.63. The third-order valence-electron chi connectivity index (χ3n) is 2.43. The molecule has 2 rings (SSSR count). The Kier molecular flexibility index (Phi) is 3.67. The fourth-order valence-electron chi connectivity index (χ4n) is 1.47. The molecule has 4 nitrogen and oxygen atoms in total. The van der Waals surface area contributed by atoms with Gasteiger partial charge in [-0.2, -0.15) is 5.26 Å². The van der Waals surface area contributed by atoms with E-state index in [9.17, 15) is 4.79 Å². The highest BCUT2D eigenvalue weighted by molar-refractivity contribution is 5.94. The van der Waals surface area contributed by atoms with E-state index in [0.717, 1.165) is 5.69 Å². The molecule has 1 heterocycles. The first-order chi connectivity index (χ1) is 8.79. The minimum Gasteiger partial charge on any atom is -0.346 e. The lowest BCUT2D eigenvalue weighted by Gasteiger charge is -2.04. The van der Waals surface area contributed by atoms with E-state index in [0.29, 0.717) is 17.7 Å². The maximum absolute atomic E-state index is 11.8. The summed E-state index contributed by atoms with van der Waals surface area (Å²) in [5.74, 6) is -0.176. The van der Waals surface area contributed by atoms with Gasteiger partial charge >= 0.3 is 0 Å². The standard InChI is InChI=1S/C14H11N3O/c15-9-11-4-6-12(7-5-11)14(18)17-10-13-3-1-2-8-16-13/h1-8H,10H2,(H,17,18). The van der Waals surface area contributed by atoms with Gasteiger partial charge in [-0.1, -0.05) is 6.07 Å². The summed E-state index contributed by atoms with van der Waals surface area (Å²) in [6.45, 7) is 0.389. The van der Waals surface area contributed by atoms with E-state index in [2.05, 4.69) is 10.3 Å². The second kappa shape index (κ2) is 5.60. The minimum absolute atomic E-state index is 0.176. The van der Waals surface area contributed by atoms with Gasteiger partial charge in [-0.05, 0) is 36.4 Å². The van der Waals surface area contributed by atoms with Crippen molar-refractivity contribution in [2.75, 3.05) is 0 Å². The number of amides is 1. The Morgan fingerprint density at radius 2 is 2.00 bits per heavy atom. The van der Waals surface area contributed by atoms with Crippen LogP contribution in [-0.2, 0) is 6.54 Å². The third-order valence-corrected chi connectivity index (χ3v) is 2.43. The van der Waals surface area contributed by atoms with Crippen molar-refractivity contribution < 1.29 is 4.79 Å². The van der Waals surface area contributed by atoms with Crippen molar-refractivity contribution in [2.24, 2.45) is 0 Å². The van der Waals surface area contributed by atoms with Crippen molar-refractivity contribution in [2.45, 2.75) is 6.54 Å². The van der Waals surface area contributed by atoms with E-state index in [1.165, 1.54) is 0 Å². The van der Waals surface area contributed by atoms with E-state index in [4.69, 9.17) is 5.26 Å². The van der Waals surface area contributed by atoms with Gasteiger partial charge in [0.1, 0.15) is 0 Å². The second-order valence-corrected chi connectivity index (χ2v) is 3.69. The smallest absolute Gasteiger partial charge is 0.251 e. The Morgan fingerprint density at radius 3 is 2.61 bits per heavy atom. The summed E-state index contributed by atoms with van der Waals surface area (Å²) in [6, 6.07) is 14.1. The van der Waals surface area contributed by atoms with E-state index in [-0.39, 0.29) is 5.91 Å². The molecule has 18 heavy (non-hydrogen) atoms. The molecule has 0 fully saturated rings. The normalized spacial score (nSPS) is 9.50. The molecule has 0 saturated heterocycles. The summed E-state index contributed by atoms with van der Waals surface area (Å²) in [5, 5.41) is 11.4. The van der Waals surface area contributed by atoms with Crippen molar-refractivity contribution in [1.82, 2.24) is 10.3 Å². The average molecular weight is 237 g/mol. The van der Waals surface area contributed by atoms with Gasteiger partial charge in [0, 0.05) is 11.8 Å². The van der Waals surface area contributed by atoms with Crippen LogP contribution in [0.2, 0.25) is 0 Å². The summed E-state index contributed by atoms with van der Waals surface area (Å²) in [4.78, 5) is 15.9. The van der Waals surface area contributed by atoms with Gasteiger partial charge in [-0.3, -0.25) is 9.78 Å². The van der Waals surface area contributed by atoms with Gasteiger partial charge in [0.25, 0.3) is 5.91 Å². The van der Waals surface area contributed by atoms with Crippen molar-refractivity contribution in [3.05, 3.63) is 65.5 Å². The van der Waals surface area contributed by atoms with Crippen molar-refractivity contribution >= 4 is 5.91 Å². The molecule has 1 aromatic heterocycles. The molecular formula is C14H11N3O. The molecule has 1 aromatic carbocycles. The fraction of sp³-hybridized carbons (Fsp3) is 0.0714. The molecule has 88 valence electrons. The van der Waals surface area contributed by atoms with Crippen molar-refractivity contribution in [3.8, 4) is 6.07 Å². The first kappa shape index (κ1) is 11.8. The van der Waals surface area contributed by atoms with Crippen LogP contribution in [-0.4, -0.2) is 10.9 Å². The summed E-state index contributed by atoms with van der Waals surface area (Å²) in [5.41, 5.74) is 1.88. The number of hydrogen-bond acceptors (Lipinski definition) is 3. The summed E-state index contributed by atoms with van der Waals surface area (Å²) in [6.07, 6.45) is 1.68. The second-order valence-electron chi connectivity index (χ2n) is 3.69. The number of aromatic nitrogens is 1. The zero-order chi connectivity index (χ0) is 12.8. The number of rotatable bonds is 3. The van der Waals surface area contributed by atoms with Crippen molar-refractivity contribution in [3.63, 3.8) is 0 Å². The van der Waals surface area contributed by atoms with Gasteiger partial charge < -0.3 is 5.32 Å². The van der Waals surface area contributed by atoms with Crippen LogP contribution in [0.1, 0.15) is 21.6 Å². The average Bonchev–Trinajstić information content (AvgIpc) is 2.46. The summed E-state index contributed by atoms with van der Waals surface area (Å²) < 4.78 is 0. The number of hydrogen-bond donors (Lipinski definition) is 1. The van der Waals surface area contributed by atoms with Crippen LogP contribution in [0.4, 0.5) is 0 Å². The Labute approximate surface area is 105 Å². The highest BCUT2D eigenvalue weighted by Crippen LogP contribution is 2.03. The Bertz CT molecular complexity index is 570. The molecule has 4 heteroatoms. The molecule has 2 aromatic rings. The number of nitriles is 1. The zero-order valence-electron chi connectivity index (χ0n) is 9.63. The number of pyridine rings is 1. The third kappa shape index (κ3) is 2.92. The topological polar surface area (TPSA) is 65.8 Å². The number of nitrogens with zero attached hydrogens (tertiary/aromatic N) is 2. The molecule has 0 aliphatic heterocycles. The Hall–Kier alpha value is -2.67. The summed E-state index contributed by atoms with van der Waals surface area (Å²) in [7, 11) is 0. The molecule has 1 N–H and O–H groups in total. The fourth-order valence-corrected chi connectivity index (χ4v) is 1.47. The van der Waals surface area contributed by atoms with E-state index in [1.807, 2.05) is 24.3 Å². The monoisotopic (exact) mass is 237 g/mol. The molecular weight excluding hydrogens is 226 g/mol. The number of carbonyl (C=O) groups is 1. The molecule has 0 radical (unpaired) electrons. The summed E-state index contributed by atoms with van der Waals surface area (Å²) >= 11 is 0. The van der Waals surface area contributed by atoms with Crippen LogP contribution in [0.15, 0.2) is 48.7 Å². The minimum atomic E-state index is -0.176. The quantitative estimate of drug-likeness (QED) is 0.886. The van der Waals surface area contributed by atoms with Crippen LogP contribution >= 0.6 is 0 Å². The highest BCUT2D eigenvalue weighted by atomic mass is 16.1. The van der Waals surface area contributed by atoms with Crippen LogP contribution < -0.4 is 5.32 Å². The van der Waals surface area contributed by atoms with Gasteiger partial charge in [-0.15, -0.1) is 0 Å². The van der Waals surface area contributed by atoms with Gasteiger partial charge in [-0.25, -0.2) is 0 Å². The lowest BCUT2D eigenvalue weighted by atomic mass is 10.1. The molecule has 0 bridgehead atoms. The molecule has 1 amide bonds. The molecule has 0 saturated carbocycles. The molecule has 0 spiro atoms. The van der Waals surface area contributed by atoms with Crippen LogP contribution in [0.25, 0.3) is 0 Å². The largest absolute Gasteiger partial charge is 0.346 e. The predicted molar refractivity (Wildman–Crippen MR) is 66.6 cm³/mol. The lowest BCUT2D eigenvalue weighted by Crippen LogP contribution is -2.23. The molecule has 0 unspecified atom stereocenters. The number of carbonyl (C=O) groups excluding carboxylic acids is 1. The van der Waals surface area contributed by atoms with E-state index < -0.39 is 0 Å². The van der Waals surface area contributed by atoms with Gasteiger partial charge in [0.15, 0.2) is 0 Å². The maximum atomic E-state index is 11.8. The van der Waals surface area contributed by atoms with Crippen LogP contribution in [0, 0.1) is 11.3 Å². The molecule has 0 aliphatic rings. The van der Waals surface area contributed by atoms with E-state index >= 15 is 0 Å². The molecule has 0 aliphatic carbocycles. The number of nitrogens with one attached hydrogen (secondary N) is 1. The maximum Gasteiger partial charge on any atom is 0.251 e. The van der Waals surface area contributed by atoms with Gasteiger partial charge in [0.2, 0.25) is 0 Å². The Balaban J connectivity index is 1.98. The SMILES string of the molecule is N#Cc1ccc(C(=O)NCc2ccccn2)cc1. The van der Waals surface area contributed by atoms with Crippen LogP contribution in [0.5, 0.6) is 0 Å². The first-order valence-electron chi connectivity index (χ1n) is 5.48. The van der Waals surface area contributed by atoms with Crippen molar-refractivity contribution in [1.29, 1.82) is 5.26 Å². The molecule has 0 atom stereocenters. The van der Waals surface area contributed by atoms with E-state index in [1.54, 1.807) is 30.5 Å². The first-order valence-corrected chi connectivity index (χ1v) is 5.48.